The molecule has 1 fully saturated rings. The van der Waals surface area contributed by atoms with E-state index in [0.29, 0.717) is 24.6 Å². The Labute approximate surface area is 180 Å². The summed E-state index contributed by atoms with van der Waals surface area (Å²) >= 11 is 0. The molecule has 1 saturated carbocycles. The van der Waals surface area contributed by atoms with Gasteiger partial charge >= 0.3 is 0 Å². The lowest BCUT2D eigenvalue weighted by Crippen LogP contribution is -2.35. The predicted octanol–water partition coefficient (Wildman–Crippen LogP) is 5.70. The van der Waals surface area contributed by atoms with E-state index in [4.69, 9.17) is 0 Å². The normalized spacial score (nSPS) is 20.1. The SMILES string of the molecule is CCCCCc1cnc(C(C(=O)C2CCC(CCC)CC2=O)c2ccccc2)nc1. The maximum absolute atomic E-state index is 13.6. The number of aromatic nitrogens is 2. The fraction of sp³-hybridized carbons (Fsp3) is 0.538. The fourth-order valence-corrected chi connectivity index (χ4v) is 4.56. The van der Waals surface area contributed by atoms with Crippen molar-refractivity contribution >= 4 is 11.6 Å². The number of aryl methyl sites for hydroxylation is 1. The lowest BCUT2D eigenvalue weighted by molar-refractivity contribution is -0.135. The molecule has 2 aromatic rings. The van der Waals surface area contributed by atoms with Crippen LogP contribution in [0.1, 0.15) is 88.1 Å². The van der Waals surface area contributed by atoms with Crippen LogP contribution in [0.4, 0.5) is 0 Å². The summed E-state index contributed by atoms with van der Waals surface area (Å²) in [4.78, 5) is 35.5. The van der Waals surface area contributed by atoms with Crippen LogP contribution in [0, 0.1) is 11.8 Å². The van der Waals surface area contributed by atoms with Gasteiger partial charge in [0.15, 0.2) is 5.78 Å². The lowest BCUT2D eigenvalue weighted by Gasteiger charge is -2.28. The first-order valence-electron chi connectivity index (χ1n) is 11.6. The Morgan fingerprint density at radius 1 is 1.03 bits per heavy atom. The maximum atomic E-state index is 13.6. The second kappa shape index (κ2) is 11.1. The highest BCUT2D eigenvalue weighted by atomic mass is 16.2. The van der Waals surface area contributed by atoms with Gasteiger partial charge in [0.2, 0.25) is 0 Å². The molecule has 0 bridgehead atoms. The molecule has 1 aliphatic carbocycles. The minimum absolute atomic E-state index is 0.0418. The smallest absolute Gasteiger partial charge is 0.158 e. The third kappa shape index (κ3) is 5.62. The number of ketones is 2. The Morgan fingerprint density at radius 3 is 2.40 bits per heavy atom. The fourth-order valence-electron chi connectivity index (χ4n) is 4.56. The van der Waals surface area contributed by atoms with Crippen molar-refractivity contribution in [3.05, 3.63) is 59.7 Å². The minimum Gasteiger partial charge on any atom is -0.299 e. The molecule has 0 N–H and O–H groups in total. The second-order valence-electron chi connectivity index (χ2n) is 8.61. The number of unbranched alkanes of at least 4 members (excludes halogenated alkanes) is 2. The number of Topliss-reactive ketones (excluding diaryl/α,β-unsaturated/α-hetero) is 2. The van der Waals surface area contributed by atoms with E-state index in [1.165, 1.54) is 12.8 Å². The molecule has 4 nitrogen and oxygen atoms in total. The molecule has 1 aliphatic rings. The summed E-state index contributed by atoms with van der Waals surface area (Å²) in [7, 11) is 0. The maximum Gasteiger partial charge on any atom is 0.158 e. The highest BCUT2D eigenvalue weighted by Crippen LogP contribution is 2.34. The number of rotatable bonds is 10. The Bertz CT molecular complexity index is 817. The summed E-state index contributed by atoms with van der Waals surface area (Å²) < 4.78 is 0. The second-order valence-corrected chi connectivity index (χ2v) is 8.61. The average Bonchev–Trinajstić information content (AvgIpc) is 2.76. The van der Waals surface area contributed by atoms with Gasteiger partial charge in [-0.15, -0.1) is 0 Å². The molecule has 0 radical (unpaired) electrons. The first-order valence-corrected chi connectivity index (χ1v) is 11.6. The number of hydrogen-bond acceptors (Lipinski definition) is 4. The summed E-state index contributed by atoms with van der Waals surface area (Å²) in [5, 5.41) is 0. The number of carbonyl (C=O) groups excluding carboxylic acids is 2. The van der Waals surface area contributed by atoms with E-state index in [0.717, 1.165) is 43.2 Å². The molecule has 1 heterocycles. The van der Waals surface area contributed by atoms with Gasteiger partial charge in [0.05, 0.1) is 5.92 Å². The Morgan fingerprint density at radius 2 is 1.77 bits per heavy atom. The Hall–Kier alpha value is -2.36. The van der Waals surface area contributed by atoms with Crippen LogP contribution >= 0.6 is 0 Å². The van der Waals surface area contributed by atoms with Crippen LogP contribution in [0.3, 0.4) is 0 Å². The molecule has 3 rings (SSSR count). The van der Waals surface area contributed by atoms with Crippen LogP contribution in [-0.2, 0) is 16.0 Å². The molecule has 0 spiro atoms. The van der Waals surface area contributed by atoms with Gasteiger partial charge in [0.1, 0.15) is 17.5 Å². The van der Waals surface area contributed by atoms with Crippen LogP contribution < -0.4 is 0 Å². The molecule has 1 aromatic carbocycles. The van der Waals surface area contributed by atoms with Crippen molar-refractivity contribution in [1.82, 2.24) is 9.97 Å². The van der Waals surface area contributed by atoms with Gasteiger partial charge in [-0.05, 0) is 42.7 Å². The van der Waals surface area contributed by atoms with Crippen LogP contribution in [0.15, 0.2) is 42.7 Å². The average molecular weight is 407 g/mol. The monoisotopic (exact) mass is 406 g/mol. The van der Waals surface area contributed by atoms with Crippen molar-refractivity contribution in [2.75, 3.05) is 0 Å². The van der Waals surface area contributed by atoms with Crippen LogP contribution in [0.5, 0.6) is 0 Å². The number of carbonyl (C=O) groups is 2. The van der Waals surface area contributed by atoms with Crippen molar-refractivity contribution in [2.45, 2.75) is 77.6 Å². The summed E-state index contributed by atoms with van der Waals surface area (Å²) in [5.41, 5.74) is 1.97. The van der Waals surface area contributed by atoms with Gasteiger partial charge in [-0.25, -0.2) is 9.97 Å². The zero-order valence-electron chi connectivity index (χ0n) is 18.3. The molecule has 0 aliphatic heterocycles. The minimum atomic E-state index is -0.576. The third-order valence-corrected chi connectivity index (χ3v) is 6.25. The quantitative estimate of drug-likeness (QED) is 0.375. The first-order chi connectivity index (χ1) is 14.6. The molecule has 4 heteroatoms. The van der Waals surface area contributed by atoms with E-state index >= 15 is 0 Å². The van der Waals surface area contributed by atoms with E-state index in [2.05, 4.69) is 23.8 Å². The largest absolute Gasteiger partial charge is 0.299 e. The standard InChI is InChI=1S/C26H34N2O2/c1-3-5-7-11-20-17-27-26(28-18-20)24(21-12-8-6-9-13-21)25(30)22-15-14-19(10-4-2)16-23(22)29/h6,8-9,12-13,17-19,22,24H,3-5,7,10-11,14-16H2,1-2H3. The molecule has 0 saturated heterocycles. The molecule has 1 aromatic heterocycles. The van der Waals surface area contributed by atoms with Crippen molar-refractivity contribution in [3.8, 4) is 0 Å². The number of benzene rings is 1. The van der Waals surface area contributed by atoms with Crippen LogP contribution in [0.2, 0.25) is 0 Å². The van der Waals surface area contributed by atoms with Gasteiger partial charge in [-0.1, -0.05) is 69.9 Å². The Kier molecular flexibility index (Phi) is 8.30. The summed E-state index contributed by atoms with van der Waals surface area (Å²) in [5.74, 6) is -0.111. The van der Waals surface area contributed by atoms with Gasteiger partial charge in [-0.2, -0.15) is 0 Å². The van der Waals surface area contributed by atoms with E-state index in [1.807, 2.05) is 42.7 Å². The van der Waals surface area contributed by atoms with Gasteiger partial charge in [0.25, 0.3) is 0 Å². The molecule has 160 valence electrons. The molecule has 3 atom stereocenters. The van der Waals surface area contributed by atoms with Crippen LogP contribution in [-0.4, -0.2) is 21.5 Å². The molecular formula is C26H34N2O2. The summed E-state index contributed by atoms with van der Waals surface area (Å²) in [6.45, 7) is 4.34. The molecule has 3 unspecified atom stereocenters. The highest BCUT2D eigenvalue weighted by molar-refractivity contribution is 6.06. The topological polar surface area (TPSA) is 59.9 Å². The Balaban J connectivity index is 1.81. The summed E-state index contributed by atoms with van der Waals surface area (Å²) in [6.07, 6.45) is 12.4. The number of hydrogen-bond donors (Lipinski definition) is 0. The van der Waals surface area contributed by atoms with E-state index in [-0.39, 0.29) is 11.6 Å². The van der Waals surface area contributed by atoms with Crippen molar-refractivity contribution in [1.29, 1.82) is 0 Å². The van der Waals surface area contributed by atoms with Crippen molar-refractivity contribution in [2.24, 2.45) is 11.8 Å². The third-order valence-electron chi connectivity index (χ3n) is 6.25. The zero-order chi connectivity index (χ0) is 21.3. The molecule has 30 heavy (non-hydrogen) atoms. The van der Waals surface area contributed by atoms with E-state index < -0.39 is 11.8 Å². The van der Waals surface area contributed by atoms with E-state index in [9.17, 15) is 9.59 Å². The van der Waals surface area contributed by atoms with Crippen molar-refractivity contribution in [3.63, 3.8) is 0 Å². The summed E-state index contributed by atoms with van der Waals surface area (Å²) in [6, 6.07) is 9.66. The molecular weight excluding hydrogens is 372 g/mol. The molecule has 0 amide bonds. The van der Waals surface area contributed by atoms with Gasteiger partial charge in [-0.3, -0.25) is 9.59 Å². The van der Waals surface area contributed by atoms with Gasteiger partial charge in [0, 0.05) is 18.8 Å². The zero-order valence-corrected chi connectivity index (χ0v) is 18.3. The predicted molar refractivity (Wildman–Crippen MR) is 119 cm³/mol. The van der Waals surface area contributed by atoms with E-state index in [1.54, 1.807) is 0 Å². The van der Waals surface area contributed by atoms with Crippen molar-refractivity contribution < 1.29 is 9.59 Å². The van der Waals surface area contributed by atoms with Crippen LogP contribution in [0.25, 0.3) is 0 Å². The first kappa shape index (κ1) is 22.3. The highest BCUT2D eigenvalue weighted by Gasteiger charge is 2.38. The van der Waals surface area contributed by atoms with Gasteiger partial charge < -0.3 is 0 Å². The lowest BCUT2D eigenvalue weighted by atomic mass is 9.74. The number of nitrogens with zero attached hydrogens (tertiary/aromatic N) is 2.